The van der Waals surface area contributed by atoms with Crippen LogP contribution in [0, 0.1) is 12.7 Å². The lowest BCUT2D eigenvalue weighted by atomic mass is 10.1. The number of methoxy groups -OCH3 is 1. The third-order valence-electron chi connectivity index (χ3n) is 2.95. The van der Waals surface area contributed by atoms with Gasteiger partial charge in [0.05, 0.1) is 18.3 Å². The molecule has 0 spiro atoms. The normalized spacial score (nSPS) is 12.2. The minimum absolute atomic E-state index is 0.337. The number of benzene rings is 1. The maximum absolute atomic E-state index is 13.0. The Bertz CT molecular complexity index is 583. The van der Waals surface area contributed by atoms with Crippen molar-refractivity contribution in [3.05, 3.63) is 51.7 Å². The summed E-state index contributed by atoms with van der Waals surface area (Å²) >= 11 is 1.52. The fourth-order valence-electron chi connectivity index (χ4n) is 1.80. The van der Waals surface area contributed by atoms with Crippen molar-refractivity contribution in [3.63, 3.8) is 0 Å². The molecule has 1 N–H and O–H groups in total. The van der Waals surface area contributed by atoms with Gasteiger partial charge in [-0.3, -0.25) is 5.32 Å². The van der Waals surface area contributed by atoms with E-state index in [9.17, 15) is 9.18 Å². The molecule has 0 saturated carbocycles. The maximum atomic E-state index is 13.0. The fraction of sp³-hybridized carbons (Fsp3) is 0.286. The molecule has 1 aromatic carbocycles. The molecule has 4 nitrogen and oxygen atoms in total. The van der Waals surface area contributed by atoms with E-state index in [0.29, 0.717) is 12.1 Å². The van der Waals surface area contributed by atoms with Crippen molar-refractivity contribution in [2.75, 3.05) is 7.11 Å². The SMILES string of the molecule is COC(=O)[C@H](NCc1scnc1C)c1ccc(F)cc1. The van der Waals surface area contributed by atoms with Crippen LogP contribution in [0.3, 0.4) is 0 Å². The number of esters is 1. The second kappa shape index (κ2) is 6.58. The predicted molar refractivity (Wildman–Crippen MR) is 74.8 cm³/mol. The number of nitrogens with one attached hydrogen (secondary N) is 1. The molecule has 6 heteroatoms. The number of ether oxygens (including phenoxy) is 1. The lowest BCUT2D eigenvalue weighted by Crippen LogP contribution is -2.29. The number of carbonyl (C=O) groups excluding carboxylic acids is 1. The van der Waals surface area contributed by atoms with Gasteiger partial charge in [0.15, 0.2) is 0 Å². The zero-order chi connectivity index (χ0) is 14.5. The Morgan fingerprint density at radius 2 is 2.15 bits per heavy atom. The quantitative estimate of drug-likeness (QED) is 0.861. The Kier molecular flexibility index (Phi) is 4.81. The van der Waals surface area contributed by atoms with E-state index in [4.69, 9.17) is 4.74 Å². The van der Waals surface area contributed by atoms with Gasteiger partial charge >= 0.3 is 5.97 Å². The monoisotopic (exact) mass is 294 g/mol. The minimum atomic E-state index is -0.623. The third-order valence-corrected chi connectivity index (χ3v) is 3.89. The first kappa shape index (κ1) is 14.6. The van der Waals surface area contributed by atoms with Crippen molar-refractivity contribution >= 4 is 17.3 Å². The molecule has 1 aromatic heterocycles. The molecule has 0 aliphatic rings. The van der Waals surface area contributed by atoms with E-state index in [0.717, 1.165) is 10.6 Å². The van der Waals surface area contributed by atoms with Gasteiger partial charge in [-0.05, 0) is 24.6 Å². The molecule has 20 heavy (non-hydrogen) atoms. The predicted octanol–water partition coefficient (Wildman–Crippen LogP) is 2.59. The summed E-state index contributed by atoms with van der Waals surface area (Å²) in [5, 5.41) is 3.12. The summed E-state index contributed by atoms with van der Waals surface area (Å²) in [6.45, 7) is 2.42. The van der Waals surface area contributed by atoms with Crippen LogP contribution in [0.5, 0.6) is 0 Å². The highest BCUT2D eigenvalue weighted by Crippen LogP contribution is 2.18. The van der Waals surface area contributed by atoms with Crippen molar-refractivity contribution in [1.82, 2.24) is 10.3 Å². The molecule has 0 aliphatic carbocycles. The summed E-state index contributed by atoms with van der Waals surface area (Å²) in [4.78, 5) is 17.1. The van der Waals surface area contributed by atoms with E-state index >= 15 is 0 Å². The highest BCUT2D eigenvalue weighted by molar-refractivity contribution is 7.09. The molecule has 2 rings (SSSR count). The van der Waals surface area contributed by atoms with Crippen molar-refractivity contribution < 1.29 is 13.9 Å². The molecule has 1 heterocycles. The van der Waals surface area contributed by atoms with E-state index < -0.39 is 12.0 Å². The Balaban J connectivity index is 2.14. The lowest BCUT2D eigenvalue weighted by Gasteiger charge is -2.16. The van der Waals surface area contributed by atoms with Crippen LogP contribution in [0.25, 0.3) is 0 Å². The van der Waals surface area contributed by atoms with E-state index in [-0.39, 0.29) is 5.82 Å². The van der Waals surface area contributed by atoms with E-state index in [2.05, 4.69) is 10.3 Å². The number of thiazole rings is 1. The zero-order valence-electron chi connectivity index (χ0n) is 11.2. The van der Waals surface area contributed by atoms with E-state index in [1.54, 1.807) is 17.6 Å². The number of hydrogen-bond donors (Lipinski definition) is 1. The average molecular weight is 294 g/mol. The number of rotatable bonds is 5. The highest BCUT2D eigenvalue weighted by Gasteiger charge is 2.21. The molecule has 2 aromatic rings. The largest absolute Gasteiger partial charge is 0.468 e. The third kappa shape index (κ3) is 3.40. The first-order valence-electron chi connectivity index (χ1n) is 6.07. The van der Waals surface area contributed by atoms with Gasteiger partial charge in [-0.15, -0.1) is 11.3 Å². The lowest BCUT2D eigenvalue weighted by molar-refractivity contribution is -0.143. The van der Waals surface area contributed by atoms with Crippen LogP contribution in [-0.2, 0) is 16.1 Å². The molecule has 0 unspecified atom stereocenters. The number of halogens is 1. The molecule has 106 valence electrons. The standard InChI is InChI=1S/C14H15FN2O2S/c1-9-12(20-8-17-9)7-16-13(14(18)19-2)10-3-5-11(15)6-4-10/h3-6,8,13,16H,7H2,1-2H3/t13-/m1/s1. The summed E-state index contributed by atoms with van der Waals surface area (Å²) in [6, 6.07) is 5.17. The topological polar surface area (TPSA) is 51.2 Å². The van der Waals surface area contributed by atoms with Gasteiger partial charge in [0.1, 0.15) is 11.9 Å². The van der Waals surface area contributed by atoms with Gasteiger partial charge in [0, 0.05) is 11.4 Å². The van der Waals surface area contributed by atoms with Crippen LogP contribution in [0.15, 0.2) is 29.8 Å². The van der Waals surface area contributed by atoms with Crippen LogP contribution in [0.1, 0.15) is 22.2 Å². The zero-order valence-corrected chi connectivity index (χ0v) is 12.0. The molecule has 0 amide bonds. The van der Waals surface area contributed by atoms with Gasteiger partial charge in [0.25, 0.3) is 0 Å². The van der Waals surface area contributed by atoms with Gasteiger partial charge in [0.2, 0.25) is 0 Å². The van der Waals surface area contributed by atoms with Crippen LogP contribution in [0.2, 0.25) is 0 Å². The number of hydrogen-bond acceptors (Lipinski definition) is 5. The molecule has 1 atom stereocenters. The molecule has 0 saturated heterocycles. The fourth-order valence-corrected chi connectivity index (χ4v) is 2.53. The Morgan fingerprint density at radius 1 is 1.45 bits per heavy atom. The Morgan fingerprint density at radius 3 is 2.70 bits per heavy atom. The summed E-state index contributed by atoms with van der Waals surface area (Å²) in [5.74, 6) is -0.741. The van der Waals surface area contributed by atoms with E-state index in [1.165, 1.54) is 30.6 Å². The first-order chi connectivity index (χ1) is 9.61. The smallest absolute Gasteiger partial charge is 0.327 e. The van der Waals surface area contributed by atoms with Crippen molar-refractivity contribution in [3.8, 4) is 0 Å². The Labute approximate surface area is 120 Å². The first-order valence-corrected chi connectivity index (χ1v) is 6.95. The molecule has 0 bridgehead atoms. The van der Waals surface area contributed by atoms with Crippen molar-refractivity contribution in [2.45, 2.75) is 19.5 Å². The highest BCUT2D eigenvalue weighted by atomic mass is 32.1. The van der Waals surface area contributed by atoms with Crippen LogP contribution >= 0.6 is 11.3 Å². The average Bonchev–Trinajstić information content (AvgIpc) is 2.86. The van der Waals surface area contributed by atoms with Crippen LogP contribution in [0.4, 0.5) is 4.39 Å². The van der Waals surface area contributed by atoms with Crippen LogP contribution in [-0.4, -0.2) is 18.1 Å². The summed E-state index contributed by atoms with van der Waals surface area (Å²) in [7, 11) is 1.33. The number of carbonyl (C=O) groups is 1. The molecule has 0 radical (unpaired) electrons. The van der Waals surface area contributed by atoms with Gasteiger partial charge in [-0.2, -0.15) is 0 Å². The van der Waals surface area contributed by atoms with Gasteiger partial charge in [-0.1, -0.05) is 12.1 Å². The molecular weight excluding hydrogens is 279 g/mol. The van der Waals surface area contributed by atoms with Gasteiger partial charge < -0.3 is 4.74 Å². The molecule has 0 aliphatic heterocycles. The maximum Gasteiger partial charge on any atom is 0.327 e. The second-order valence-electron chi connectivity index (χ2n) is 4.25. The molecular formula is C14H15FN2O2S. The summed E-state index contributed by atoms with van der Waals surface area (Å²) in [6.07, 6.45) is 0. The van der Waals surface area contributed by atoms with Crippen LogP contribution < -0.4 is 5.32 Å². The van der Waals surface area contributed by atoms with Gasteiger partial charge in [-0.25, -0.2) is 14.2 Å². The second-order valence-corrected chi connectivity index (χ2v) is 5.19. The number of aryl methyl sites for hydroxylation is 1. The summed E-state index contributed by atoms with van der Waals surface area (Å²) in [5.41, 5.74) is 3.36. The number of nitrogens with zero attached hydrogens (tertiary/aromatic N) is 1. The van der Waals surface area contributed by atoms with E-state index in [1.807, 2.05) is 6.92 Å². The van der Waals surface area contributed by atoms with Crippen molar-refractivity contribution in [1.29, 1.82) is 0 Å². The summed E-state index contributed by atoms with van der Waals surface area (Å²) < 4.78 is 17.7. The number of aromatic nitrogens is 1. The Hall–Kier alpha value is -1.79. The molecule has 0 fully saturated rings. The van der Waals surface area contributed by atoms with Crippen molar-refractivity contribution in [2.24, 2.45) is 0 Å². The minimum Gasteiger partial charge on any atom is -0.468 e.